The lowest BCUT2D eigenvalue weighted by Gasteiger charge is -2.26. The number of furan rings is 1. The maximum Gasteiger partial charge on any atom is 0.336 e. The molecule has 1 aliphatic heterocycles. The molecule has 9 heteroatoms. The molecule has 1 aliphatic carbocycles. The van der Waals surface area contributed by atoms with Crippen LogP contribution in [-0.2, 0) is 21.2 Å². The number of ether oxygens (including phenoxy) is 1. The van der Waals surface area contributed by atoms with Crippen LogP contribution < -0.4 is 0 Å². The number of nitrogens with zero attached hydrogens (tertiary/aromatic N) is 2. The first kappa shape index (κ1) is 24.5. The molecule has 0 radical (unpaired) electrons. The van der Waals surface area contributed by atoms with Crippen molar-refractivity contribution in [1.82, 2.24) is 9.29 Å². The van der Waals surface area contributed by atoms with Gasteiger partial charge in [0.2, 0.25) is 10.0 Å². The average molecular weight is 531 g/mol. The molecule has 2 aromatic heterocycles. The van der Waals surface area contributed by atoms with Crippen molar-refractivity contribution in [2.45, 2.75) is 24.2 Å². The minimum atomic E-state index is -3.56. The molecule has 0 bridgehead atoms. The van der Waals surface area contributed by atoms with Crippen LogP contribution in [0.2, 0.25) is 0 Å². The molecule has 0 atom stereocenters. The third-order valence-electron chi connectivity index (χ3n) is 7.07. The Balaban J connectivity index is 1.30. The van der Waals surface area contributed by atoms with Crippen LogP contribution in [0.4, 0.5) is 0 Å². The van der Waals surface area contributed by atoms with Gasteiger partial charge in [-0.2, -0.15) is 4.31 Å². The molecule has 38 heavy (non-hydrogen) atoms. The Morgan fingerprint density at radius 2 is 1.74 bits per heavy atom. The molecular formula is C29H26N2O6S. The first-order chi connectivity index (χ1) is 18.4. The number of sulfonamides is 1. The van der Waals surface area contributed by atoms with Crippen LogP contribution >= 0.6 is 0 Å². The monoisotopic (exact) mass is 530 g/mol. The summed E-state index contributed by atoms with van der Waals surface area (Å²) in [6, 6.07) is 17.7. The van der Waals surface area contributed by atoms with Crippen molar-refractivity contribution in [3.05, 3.63) is 83.2 Å². The summed E-state index contributed by atoms with van der Waals surface area (Å²) in [4.78, 5) is 17.2. The van der Waals surface area contributed by atoms with Gasteiger partial charge in [0.1, 0.15) is 11.5 Å². The van der Waals surface area contributed by atoms with Crippen molar-refractivity contribution >= 4 is 38.5 Å². The van der Waals surface area contributed by atoms with E-state index in [-0.39, 0.29) is 4.90 Å². The smallest absolute Gasteiger partial charge is 0.336 e. The Bertz CT molecular complexity index is 1670. The zero-order valence-corrected chi connectivity index (χ0v) is 21.4. The predicted molar refractivity (Wildman–Crippen MR) is 143 cm³/mol. The largest absolute Gasteiger partial charge is 0.478 e. The number of aromatic nitrogens is 1. The van der Waals surface area contributed by atoms with Crippen LogP contribution in [0.25, 0.3) is 33.9 Å². The van der Waals surface area contributed by atoms with Gasteiger partial charge in [0.05, 0.1) is 34.9 Å². The van der Waals surface area contributed by atoms with Gasteiger partial charge in [0, 0.05) is 24.0 Å². The summed E-state index contributed by atoms with van der Waals surface area (Å²) < 4.78 is 38.6. The zero-order valence-electron chi connectivity index (χ0n) is 20.6. The summed E-state index contributed by atoms with van der Waals surface area (Å²) in [6.07, 6.45) is 4.18. The van der Waals surface area contributed by atoms with Gasteiger partial charge < -0.3 is 14.3 Å². The molecule has 2 aliphatic rings. The standard InChI is InChI=1S/C29H26N2O6S/c32-29(33)27-23-5-1-2-7-25(23)30-28-20(4-3-6-24(27)28)18-21-10-13-26(37-21)19-8-11-22(12-9-19)38(34,35)31-14-16-36-17-15-31/h1-2,5,7-13,18H,3-4,6,14-17H2,(H,32,33)/b20-18+. The molecule has 1 fully saturated rings. The highest BCUT2D eigenvalue weighted by molar-refractivity contribution is 7.89. The van der Waals surface area contributed by atoms with Crippen LogP contribution in [0.3, 0.4) is 0 Å². The van der Waals surface area contributed by atoms with Crippen LogP contribution in [0.15, 0.2) is 70.0 Å². The number of para-hydroxylation sites is 1. The molecule has 1 saturated heterocycles. The van der Waals surface area contributed by atoms with E-state index in [1.165, 1.54) is 4.31 Å². The van der Waals surface area contributed by atoms with Crippen molar-refractivity contribution in [2.24, 2.45) is 0 Å². The molecule has 3 heterocycles. The fourth-order valence-electron chi connectivity index (χ4n) is 5.20. The summed E-state index contributed by atoms with van der Waals surface area (Å²) in [5, 5.41) is 10.6. The van der Waals surface area contributed by atoms with Gasteiger partial charge in [-0.15, -0.1) is 0 Å². The van der Waals surface area contributed by atoms with Crippen molar-refractivity contribution in [1.29, 1.82) is 0 Å². The number of rotatable bonds is 5. The number of aromatic carboxylic acids is 1. The fraction of sp³-hybridized carbons (Fsp3) is 0.241. The molecule has 4 aromatic rings. The van der Waals surface area contributed by atoms with Gasteiger partial charge in [-0.3, -0.25) is 0 Å². The van der Waals surface area contributed by atoms with Crippen LogP contribution in [0.5, 0.6) is 0 Å². The van der Waals surface area contributed by atoms with E-state index >= 15 is 0 Å². The van der Waals surface area contributed by atoms with Gasteiger partial charge in [-0.05, 0) is 78.9 Å². The number of benzene rings is 2. The number of allylic oxidation sites excluding steroid dienone is 1. The fourth-order valence-corrected chi connectivity index (χ4v) is 6.61. The first-order valence-corrected chi connectivity index (χ1v) is 14.0. The molecule has 0 saturated carbocycles. The molecule has 1 N–H and O–H groups in total. The number of fused-ring (bicyclic) bond motifs is 2. The number of pyridine rings is 1. The Morgan fingerprint density at radius 3 is 2.50 bits per heavy atom. The van der Waals surface area contributed by atoms with Gasteiger partial charge >= 0.3 is 5.97 Å². The number of carboxylic acids is 1. The topological polar surface area (TPSA) is 110 Å². The average Bonchev–Trinajstić information content (AvgIpc) is 3.41. The quantitative estimate of drug-likeness (QED) is 0.383. The highest BCUT2D eigenvalue weighted by Gasteiger charge is 2.27. The lowest BCUT2D eigenvalue weighted by atomic mass is 9.86. The Kier molecular flexibility index (Phi) is 6.35. The van der Waals surface area contributed by atoms with Crippen molar-refractivity contribution < 1.29 is 27.5 Å². The van der Waals surface area contributed by atoms with Crippen LogP contribution in [0, 0.1) is 0 Å². The van der Waals surface area contributed by atoms with E-state index in [9.17, 15) is 18.3 Å². The molecular weight excluding hydrogens is 504 g/mol. The van der Waals surface area contributed by atoms with E-state index in [2.05, 4.69) is 0 Å². The molecule has 0 spiro atoms. The normalized spacial score (nSPS) is 17.5. The number of carbonyl (C=O) groups is 1. The van der Waals surface area contributed by atoms with Gasteiger partial charge in [-0.1, -0.05) is 18.2 Å². The number of hydrogen-bond acceptors (Lipinski definition) is 6. The minimum absolute atomic E-state index is 0.239. The van der Waals surface area contributed by atoms with E-state index < -0.39 is 16.0 Å². The molecule has 0 unspecified atom stereocenters. The zero-order chi connectivity index (χ0) is 26.3. The summed E-state index contributed by atoms with van der Waals surface area (Å²) in [5.41, 5.74) is 4.15. The second kappa shape index (κ2) is 9.83. The number of morpholine rings is 1. The van der Waals surface area contributed by atoms with Crippen molar-refractivity contribution in [2.75, 3.05) is 26.3 Å². The SMILES string of the molecule is O=C(O)c1c2c(nc3ccccc13)/C(=C/c1ccc(-c3ccc(S(=O)(=O)N4CCOCC4)cc3)o1)CCC2. The summed E-state index contributed by atoms with van der Waals surface area (Å²) >= 11 is 0. The summed E-state index contributed by atoms with van der Waals surface area (Å²) in [7, 11) is -3.56. The van der Waals surface area contributed by atoms with Gasteiger partial charge in [-0.25, -0.2) is 18.2 Å². The van der Waals surface area contributed by atoms with E-state index in [1.807, 2.05) is 36.4 Å². The highest BCUT2D eigenvalue weighted by atomic mass is 32.2. The Labute approximate surface area is 220 Å². The first-order valence-electron chi connectivity index (χ1n) is 12.6. The van der Waals surface area contributed by atoms with Crippen LogP contribution in [0.1, 0.15) is 40.2 Å². The second-order valence-corrected chi connectivity index (χ2v) is 11.3. The molecule has 2 aromatic carbocycles. The Hall–Kier alpha value is -3.79. The summed E-state index contributed by atoms with van der Waals surface area (Å²) in [5.74, 6) is 0.293. The minimum Gasteiger partial charge on any atom is -0.478 e. The molecule has 6 rings (SSSR count). The van der Waals surface area contributed by atoms with Gasteiger partial charge in [0.25, 0.3) is 0 Å². The third kappa shape index (κ3) is 4.42. The maximum absolute atomic E-state index is 12.9. The van der Waals surface area contributed by atoms with E-state index in [1.54, 1.807) is 30.3 Å². The predicted octanol–water partition coefficient (Wildman–Crippen LogP) is 5.09. The third-order valence-corrected chi connectivity index (χ3v) is 8.99. The lowest BCUT2D eigenvalue weighted by molar-refractivity contribution is 0.0697. The molecule has 8 nitrogen and oxygen atoms in total. The van der Waals surface area contributed by atoms with E-state index in [4.69, 9.17) is 14.1 Å². The lowest BCUT2D eigenvalue weighted by Crippen LogP contribution is -2.40. The van der Waals surface area contributed by atoms with Crippen molar-refractivity contribution in [3.8, 4) is 11.3 Å². The van der Waals surface area contributed by atoms with Gasteiger partial charge in [0.15, 0.2) is 0 Å². The second-order valence-electron chi connectivity index (χ2n) is 9.40. The Morgan fingerprint density at radius 1 is 0.974 bits per heavy atom. The number of hydrogen-bond donors (Lipinski definition) is 1. The van der Waals surface area contributed by atoms with Crippen LogP contribution in [-0.4, -0.2) is 55.1 Å². The summed E-state index contributed by atoms with van der Waals surface area (Å²) in [6.45, 7) is 1.50. The molecule has 0 amide bonds. The molecule has 194 valence electrons. The van der Waals surface area contributed by atoms with E-state index in [0.29, 0.717) is 66.4 Å². The van der Waals surface area contributed by atoms with E-state index in [0.717, 1.165) is 29.5 Å². The number of carboxylic acid groups (broad SMARTS) is 1. The maximum atomic E-state index is 12.9. The highest BCUT2D eigenvalue weighted by Crippen LogP contribution is 2.37. The van der Waals surface area contributed by atoms with Crippen molar-refractivity contribution in [3.63, 3.8) is 0 Å².